The summed E-state index contributed by atoms with van der Waals surface area (Å²) in [7, 11) is 0. The third kappa shape index (κ3) is 4.70. The van der Waals surface area contributed by atoms with Gasteiger partial charge in [0.2, 0.25) is 0 Å². The number of carbonyl (C=O) groups is 1. The second-order valence-corrected chi connectivity index (χ2v) is 12.9. The molecule has 0 bridgehead atoms. The highest BCUT2D eigenvalue weighted by Gasteiger charge is 2.54. The van der Waals surface area contributed by atoms with Gasteiger partial charge in [-0.15, -0.1) is 0 Å². The second-order valence-electron chi connectivity index (χ2n) is 12.9. The number of rotatable bonds is 6. The molecule has 8 heteroatoms. The van der Waals surface area contributed by atoms with E-state index in [2.05, 4.69) is 45.9 Å². The van der Waals surface area contributed by atoms with Crippen molar-refractivity contribution >= 4 is 28.0 Å². The van der Waals surface area contributed by atoms with Gasteiger partial charge >= 0.3 is 0 Å². The predicted octanol–water partition coefficient (Wildman–Crippen LogP) is 4.15. The van der Waals surface area contributed by atoms with Gasteiger partial charge in [-0.05, 0) is 62.1 Å². The Kier molecular flexibility index (Phi) is 6.01. The van der Waals surface area contributed by atoms with E-state index in [9.17, 15) is 14.7 Å². The summed E-state index contributed by atoms with van der Waals surface area (Å²) in [6.45, 7) is 3.86. The molecular weight excluding hydrogens is 514 g/mol. The van der Waals surface area contributed by atoms with Crippen LogP contribution < -0.4 is 10.9 Å². The number of hydrogen-bond donors (Lipinski definition) is 3. The maximum atomic E-state index is 13.5. The molecule has 1 spiro atoms. The minimum Gasteiger partial charge on any atom is -0.389 e. The summed E-state index contributed by atoms with van der Waals surface area (Å²) in [6.07, 6.45) is 10.2. The third-order valence-electron chi connectivity index (χ3n) is 9.15. The SMILES string of the molecule is CC(C)(O)CN1N=C(C(=O)N[C@H]2CC3(C2)C[C@H](c2n[nH]c(=O)c4ccccc42)C3)C2C=CC(c3ccccc3)=CC21. The summed E-state index contributed by atoms with van der Waals surface area (Å²) in [4.78, 5) is 25.7. The van der Waals surface area contributed by atoms with Crippen LogP contribution in [0.25, 0.3) is 16.3 Å². The van der Waals surface area contributed by atoms with Crippen LogP contribution in [-0.4, -0.2) is 56.2 Å². The fourth-order valence-corrected chi connectivity index (χ4v) is 7.32. The highest BCUT2D eigenvalue weighted by atomic mass is 16.3. The summed E-state index contributed by atoms with van der Waals surface area (Å²) in [6, 6.07) is 17.8. The minimum absolute atomic E-state index is 0.121. The first kappa shape index (κ1) is 25.9. The first-order valence-electron chi connectivity index (χ1n) is 14.5. The lowest BCUT2D eigenvalue weighted by atomic mass is 9.49. The number of nitrogens with zero attached hydrogens (tertiary/aromatic N) is 3. The van der Waals surface area contributed by atoms with Gasteiger partial charge in [-0.3, -0.25) is 14.6 Å². The Morgan fingerprint density at radius 2 is 1.78 bits per heavy atom. The number of H-pyrrole nitrogens is 1. The van der Waals surface area contributed by atoms with Crippen molar-refractivity contribution in [3.8, 4) is 0 Å². The summed E-state index contributed by atoms with van der Waals surface area (Å²) in [5, 5.41) is 29.2. The van der Waals surface area contributed by atoms with E-state index in [1.54, 1.807) is 13.8 Å². The molecule has 3 N–H and O–H groups in total. The number of aliphatic hydroxyl groups is 1. The standard InChI is InChI=1S/C33H35N5O3/c1-32(2,41)19-38-27-14-21(20-8-4-3-5-9-20)12-13-26(27)29(37-38)31(40)34-23-17-33(18-23)15-22(16-33)28-24-10-6-7-11-25(24)30(39)36-35-28/h3-14,22-23,26-27,41H,15-19H2,1-2H3,(H,34,40)(H,36,39)/t22-,23-,26?,27?,33?. The fraction of sp³-hybridized carbons (Fsp3) is 0.394. The van der Waals surface area contributed by atoms with Crippen LogP contribution in [0.2, 0.25) is 0 Å². The molecule has 41 heavy (non-hydrogen) atoms. The molecule has 0 saturated heterocycles. The molecule has 1 aromatic heterocycles. The number of β-amino-alcohol motifs (C(OH)–C–C–N with tert-alkyl or cyclic N) is 1. The van der Waals surface area contributed by atoms with Gasteiger partial charge in [0.05, 0.1) is 35.2 Å². The average molecular weight is 550 g/mol. The number of allylic oxidation sites excluding steroid dienone is 2. The molecule has 3 aliphatic carbocycles. The van der Waals surface area contributed by atoms with Crippen molar-refractivity contribution in [3.05, 3.63) is 94.4 Å². The zero-order chi connectivity index (χ0) is 28.4. The molecule has 1 amide bonds. The Morgan fingerprint density at radius 1 is 1.07 bits per heavy atom. The largest absolute Gasteiger partial charge is 0.389 e. The fourth-order valence-electron chi connectivity index (χ4n) is 7.32. The van der Waals surface area contributed by atoms with Crippen molar-refractivity contribution in [1.82, 2.24) is 20.5 Å². The third-order valence-corrected chi connectivity index (χ3v) is 9.15. The van der Waals surface area contributed by atoms with Crippen LogP contribution in [0.4, 0.5) is 0 Å². The van der Waals surface area contributed by atoms with Crippen LogP contribution in [0.15, 0.2) is 82.7 Å². The second kappa shape index (κ2) is 9.52. The monoisotopic (exact) mass is 549 g/mol. The molecule has 8 nitrogen and oxygen atoms in total. The van der Waals surface area contributed by atoms with Crippen LogP contribution in [0.1, 0.15) is 56.7 Å². The number of nitrogens with one attached hydrogen (secondary N) is 2. The molecule has 2 fully saturated rings. The highest BCUT2D eigenvalue weighted by molar-refractivity contribution is 6.40. The number of hydrazone groups is 1. The van der Waals surface area contributed by atoms with E-state index in [0.717, 1.165) is 47.9 Å². The quantitative estimate of drug-likeness (QED) is 0.428. The van der Waals surface area contributed by atoms with Crippen molar-refractivity contribution in [2.24, 2.45) is 16.4 Å². The Morgan fingerprint density at radius 3 is 2.51 bits per heavy atom. The normalized spacial score (nSPS) is 28.5. The summed E-state index contributed by atoms with van der Waals surface area (Å²) < 4.78 is 0. The smallest absolute Gasteiger partial charge is 0.272 e. The van der Waals surface area contributed by atoms with E-state index in [1.807, 2.05) is 47.5 Å². The summed E-state index contributed by atoms with van der Waals surface area (Å²) in [5.74, 6) is 0.0386. The van der Waals surface area contributed by atoms with E-state index in [-0.39, 0.29) is 34.9 Å². The zero-order valence-corrected chi connectivity index (χ0v) is 23.4. The van der Waals surface area contributed by atoms with Gasteiger partial charge < -0.3 is 10.4 Å². The predicted molar refractivity (Wildman–Crippen MR) is 159 cm³/mol. The van der Waals surface area contributed by atoms with Gasteiger partial charge in [-0.2, -0.15) is 10.2 Å². The van der Waals surface area contributed by atoms with Crippen molar-refractivity contribution in [3.63, 3.8) is 0 Å². The van der Waals surface area contributed by atoms with E-state index < -0.39 is 5.60 Å². The molecule has 2 unspecified atom stereocenters. The first-order valence-corrected chi connectivity index (χ1v) is 14.5. The molecule has 2 saturated carbocycles. The van der Waals surface area contributed by atoms with Crippen LogP contribution in [0.5, 0.6) is 0 Å². The molecule has 0 radical (unpaired) electrons. The molecule has 2 aromatic carbocycles. The number of fused-ring (bicyclic) bond motifs is 2. The zero-order valence-electron chi connectivity index (χ0n) is 23.4. The Labute approximate surface area is 238 Å². The number of benzene rings is 2. The van der Waals surface area contributed by atoms with Gasteiger partial charge in [0.25, 0.3) is 11.5 Å². The molecule has 7 rings (SSSR count). The number of amides is 1. The van der Waals surface area contributed by atoms with Gasteiger partial charge in [0.15, 0.2) is 0 Å². The lowest BCUT2D eigenvalue weighted by molar-refractivity contribution is -0.118. The van der Waals surface area contributed by atoms with E-state index in [0.29, 0.717) is 23.6 Å². The maximum Gasteiger partial charge on any atom is 0.272 e. The van der Waals surface area contributed by atoms with Gasteiger partial charge in [-0.25, -0.2) is 5.10 Å². The topological polar surface area (TPSA) is 111 Å². The minimum atomic E-state index is -0.949. The van der Waals surface area contributed by atoms with E-state index >= 15 is 0 Å². The van der Waals surface area contributed by atoms with Crippen LogP contribution in [-0.2, 0) is 4.79 Å². The lowest BCUT2D eigenvalue weighted by Crippen LogP contribution is -2.57. The first-order chi connectivity index (χ1) is 19.7. The van der Waals surface area contributed by atoms with Crippen LogP contribution in [0.3, 0.4) is 0 Å². The lowest BCUT2D eigenvalue weighted by Gasteiger charge is -2.57. The molecule has 3 aromatic rings. The van der Waals surface area contributed by atoms with Gasteiger partial charge in [-0.1, -0.05) is 66.8 Å². The van der Waals surface area contributed by atoms with Crippen molar-refractivity contribution in [2.45, 2.75) is 63.1 Å². The Balaban J connectivity index is 1.02. The van der Waals surface area contributed by atoms with E-state index in [4.69, 9.17) is 5.10 Å². The number of carbonyl (C=O) groups excluding carboxylic acids is 1. The van der Waals surface area contributed by atoms with Crippen LogP contribution >= 0.6 is 0 Å². The molecule has 2 atom stereocenters. The molecule has 2 heterocycles. The van der Waals surface area contributed by atoms with E-state index in [1.165, 1.54) is 0 Å². The van der Waals surface area contributed by atoms with Crippen molar-refractivity contribution in [1.29, 1.82) is 0 Å². The summed E-state index contributed by atoms with van der Waals surface area (Å²) in [5.41, 5.74) is 2.82. The van der Waals surface area contributed by atoms with Crippen LogP contribution in [0, 0.1) is 11.3 Å². The summed E-state index contributed by atoms with van der Waals surface area (Å²) >= 11 is 0. The van der Waals surface area contributed by atoms with Gasteiger partial charge in [0.1, 0.15) is 5.71 Å². The number of hydrogen-bond acceptors (Lipinski definition) is 6. The van der Waals surface area contributed by atoms with Gasteiger partial charge in [0, 0.05) is 17.3 Å². The Hall–Kier alpha value is -4.04. The Bertz CT molecular complexity index is 1650. The van der Waals surface area contributed by atoms with Crippen molar-refractivity contribution < 1.29 is 9.90 Å². The van der Waals surface area contributed by atoms with Crippen molar-refractivity contribution in [2.75, 3.05) is 6.54 Å². The molecule has 4 aliphatic rings. The number of aromatic nitrogens is 2. The number of aromatic amines is 1. The average Bonchev–Trinajstić information content (AvgIpc) is 3.27. The molecule has 1 aliphatic heterocycles. The molecule has 210 valence electrons. The highest BCUT2D eigenvalue weighted by Crippen LogP contribution is 2.62. The maximum absolute atomic E-state index is 13.5. The molecular formula is C33H35N5O3.